The van der Waals surface area contributed by atoms with Gasteiger partial charge < -0.3 is 0 Å². The van der Waals surface area contributed by atoms with Crippen molar-refractivity contribution < 1.29 is 0 Å². The van der Waals surface area contributed by atoms with Crippen LogP contribution < -0.4 is 0 Å². The van der Waals surface area contributed by atoms with Crippen molar-refractivity contribution >= 4 is 27.3 Å². The van der Waals surface area contributed by atoms with E-state index < -0.39 is 0 Å². The molecule has 0 saturated heterocycles. The van der Waals surface area contributed by atoms with Crippen molar-refractivity contribution in [3.63, 3.8) is 0 Å². The Labute approximate surface area is 129 Å². The number of aromatic nitrogens is 6. The molecule has 22 heavy (non-hydrogen) atoms. The van der Waals surface area contributed by atoms with Crippen LogP contribution in [0.1, 0.15) is 30.1 Å². The zero-order valence-electron chi connectivity index (χ0n) is 11.7. The van der Waals surface area contributed by atoms with Crippen LogP contribution in [-0.2, 0) is 0 Å². The fourth-order valence-corrected chi connectivity index (χ4v) is 3.89. The van der Waals surface area contributed by atoms with Gasteiger partial charge in [0.15, 0.2) is 5.82 Å². The van der Waals surface area contributed by atoms with E-state index in [0.717, 1.165) is 21.7 Å². The first-order valence-electron chi connectivity index (χ1n) is 7.29. The molecule has 4 aromatic heterocycles. The third-order valence-corrected chi connectivity index (χ3v) is 5.40. The molecule has 0 bridgehead atoms. The van der Waals surface area contributed by atoms with E-state index in [4.69, 9.17) is 4.98 Å². The Balaban J connectivity index is 1.60. The van der Waals surface area contributed by atoms with Crippen LogP contribution >= 0.6 is 11.3 Å². The lowest BCUT2D eigenvalue weighted by atomic mass is 9.84. The summed E-state index contributed by atoms with van der Waals surface area (Å²) in [6.45, 7) is 0. The molecular weight excluding hydrogens is 296 g/mol. The highest BCUT2D eigenvalue weighted by molar-refractivity contribution is 7.18. The monoisotopic (exact) mass is 308 g/mol. The lowest BCUT2D eigenvalue weighted by Gasteiger charge is -2.23. The van der Waals surface area contributed by atoms with Crippen molar-refractivity contribution in [2.24, 2.45) is 0 Å². The molecule has 1 aliphatic rings. The standard InChI is InChI=1S/C15H12N6S/c1-2-9(3-1)12-4-10-5-16-13(20-14(10)22-12)11-6-17-15-18-8-19-21(15)7-11/h4-9H,1-3H2. The van der Waals surface area contributed by atoms with Crippen molar-refractivity contribution in [3.8, 4) is 11.4 Å². The second-order valence-corrected chi connectivity index (χ2v) is 6.64. The van der Waals surface area contributed by atoms with Gasteiger partial charge >= 0.3 is 0 Å². The molecule has 4 aromatic rings. The lowest BCUT2D eigenvalue weighted by molar-refractivity contribution is 0.426. The highest BCUT2D eigenvalue weighted by Gasteiger charge is 2.22. The molecule has 0 aromatic carbocycles. The summed E-state index contributed by atoms with van der Waals surface area (Å²) in [6, 6.07) is 2.24. The van der Waals surface area contributed by atoms with Gasteiger partial charge in [-0.25, -0.2) is 19.5 Å². The van der Waals surface area contributed by atoms with Crippen LogP contribution in [0.25, 0.3) is 27.4 Å². The molecule has 7 heteroatoms. The topological polar surface area (TPSA) is 68.9 Å². The Hall–Kier alpha value is -2.41. The van der Waals surface area contributed by atoms with Crippen LogP contribution in [-0.4, -0.2) is 29.5 Å². The van der Waals surface area contributed by atoms with Crippen LogP contribution in [0.2, 0.25) is 0 Å². The summed E-state index contributed by atoms with van der Waals surface area (Å²) >= 11 is 1.79. The van der Waals surface area contributed by atoms with Gasteiger partial charge in [0.05, 0.1) is 5.56 Å². The number of rotatable bonds is 2. The summed E-state index contributed by atoms with van der Waals surface area (Å²) < 4.78 is 1.64. The van der Waals surface area contributed by atoms with Crippen LogP contribution in [0.15, 0.2) is 31.0 Å². The van der Waals surface area contributed by atoms with Crippen LogP contribution in [0.4, 0.5) is 0 Å². The third-order valence-electron chi connectivity index (χ3n) is 4.19. The maximum absolute atomic E-state index is 4.70. The van der Waals surface area contributed by atoms with Crippen LogP contribution in [0.3, 0.4) is 0 Å². The Morgan fingerprint density at radius 3 is 2.95 bits per heavy atom. The number of hydrogen-bond acceptors (Lipinski definition) is 6. The van der Waals surface area contributed by atoms with E-state index in [0.29, 0.717) is 11.6 Å². The third kappa shape index (κ3) is 1.82. The minimum Gasteiger partial charge on any atom is -0.236 e. The van der Waals surface area contributed by atoms with E-state index in [2.05, 4.69) is 26.1 Å². The number of thiophene rings is 1. The molecule has 0 spiro atoms. The second kappa shape index (κ2) is 4.54. The Kier molecular flexibility index (Phi) is 2.51. The fraction of sp³-hybridized carbons (Fsp3) is 0.267. The summed E-state index contributed by atoms with van der Waals surface area (Å²) in [6.07, 6.45) is 10.9. The molecule has 1 fully saturated rings. The highest BCUT2D eigenvalue weighted by atomic mass is 32.1. The smallest absolute Gasteiger partial charge is 0.236 e. The fourth-order valence-electron chi connectivity index (χ4n) is 2.72. The average molecular weight is 308 g/mol. The van der Waals surface area contributed by atoms with Gasteiger partial charge in [0.1, 0.15) is 11.2 Å². The van der Waals surface area contributed by atoms with Crippen molar-refractivity contribution in [2.45, 2.75) is 25.2 Å². The summed E-state index contributed by atoms with van der Waals surface area (Å²) in [5.74, 6) is 1.99. The van der Waals surface area contributed by atoms with E-state index in [-0.39, 0.29) is 0 Å². The van der Waals surface area contributed by atoms with E-state index in [1.54, 1.807) is 22.0 Å². The van der Waals surface area contributed by atoms with Crippen LogP contribution in [0, 0.1) is 0 Å². The van der Waals surface area contributed by atoms with Gasteiger partial charge in [0.2, 0.25) is 0 Å². The Morgan fingerprint density at radius 1 is 1.14 bits per heavy atom. The predicted molar refractivity (Wildman–Crippen MR) is 83.8 cm³/mol. The molecule has 0 radical (unpaired) electrons. The molecular formula is C15H12N6S. The first-order valence-corrected chi connectivity index (χ1v) is 8.11. The summed E-state index contributed by atoms with van der Waals surface area (Å²) in [5, 5.41) is 5.23. The zero-order chi connectivity index (χ0) is 14.5. The molecule has 0 atom stereocenters. The predicted octanol–water partition coefficient (Wildman–Crippen LogP) is 3.06. The van der Waals surface area contributed by atoms with E-state index in [1.807, 2.05) is 12.4 Å². The molecule has 0 N–H and O–H groups in total. The summed E-state index contributed by atoms with van der Waals surface area (Å²) in [7, 11) is 0. The van der Waals surface area contributed by atoms with Crippen molar-refractivity contribution in [3.05, 3.63) is 35.9 Å². The number of nitrogens with zero attached hydrogens (tertiary/aromatic N) is 6. The SMILES string of the molecule is c1nc2ncc(-c3ncc4cc(C5CCC5)sc4n3)cn2n1. The minimum atomic E-state index is 0.577. The molecule has 6 nitrogen and oxygen atoms in total. The molecule has 0 amide bonds. The Morgan fingerprint density at radius 2 is 2.09 bits per heavy atom. The molecule has 0 unspecified atom stereocenters. The number of hydrogen-bond donors (Lipinski definition) is 0. The largest absolute Gasteiger partial charge is 0.252 e. The van der Waals surface area contributed by atoms with Crippen molar-refractivity contribution in [2.75, 3.05) is 0 Å². The van der Waals surface area contributed by atoms with Gasteiger partial charge in [-0.05, 0) is 24.8 Å². The summed E-state index contributed by atoms with van der Waals surface area (Å²) in [5.41, 5.74) is 0.846. The molecule has 108 valence electrons. The van der Waals surface area contributed by atoms with Gasteiger partial charge in [-0.15, -0.1) is 11.3 Å². The van der Waals surface area contributed by atoms with Gasteiger partial charge in [-0.2, -0.15) is 10.1 Å². The maximum atomic E-state index is 4.70. The Bertz CT molecular complexity index is 984. The molecule has 4 heterocycles. The van der Waals surface area contributed by atoms with Gasteiger partial charge in [0.25, 0.3) is 5.78 Å². The quantitative estimate of drug-likeness (QED) is 0.569. The average Bonchev–Trinajstić information content (AvgIpc) is 3.09. The summed E-state index contributed by atoms with van der Waals surface area (Å²) in [4.78, 5) is 20.0. The number of fused-ring (bicyclic) bond motifs is 2. The van der Waals surface area contributed by atoms with Gasteiger partial charge in [0, 0.05) is 28.9 Å². The minimum absolute atomic E-state index is 0.577. The zero-order valence-corrected chi connectivity index (χ0v) is 12.5. The molecule has 5 rings (SSSR count). The molecule has 1 saturated carbocycles. The van der Waals surface area contributed by atoms with E-state index in [9.17, 15) is 0 Å². The van der Waals surface area contributed by atoms with Gasteiger partial charge in [-0.1, -0.05) is 6.42 Å². The van der Waals surface area contributed by atoms with Crippen LogP contribution in [0.5, 0.6) is 0 Å². The first kappa shape index (κ1) is 12.2. The molecule has 0 aliphatic heterocycles. The molecule has 1 aliphatic carbocycles. The van der Waals surface area contributed by atoms with E-state index >= 15 is 0 Å². The van der Waals surface area contributed by atoms with Crippen molar-refractivity contribution in [1.82, 2.24) is 29.5 Å². The van der Waals surface area contributed by atoms with Crippen molar-refractivity contribution in [1.29, 1.82) is 0 Å². The lowest BCUT2D eigenvalue weighted by Crippen LogP contribution is -2.06. The van der Waals surface area contributed by atoms with Gasteiger partial charge in [-0.3, -0.25) is 0 Å². The van der Waals surface area contributed by atoms with E-state index in [1.165, 1.54) is 30.5 Å². The first-order chi connectivity index (χ1) is 10.9. The normalized spacial score (nSPS) is 15.5. The highest BCUT2D eigenvalue weighted by Crippen LogP contribution is 2.41. The maximum Gasteiger partial charge on any atom is 0.252 e. The second-order valence-electron chi connectivity index (χ2n) is 5.58.